The maximum atomic E-state index is 10.8. The molecule has 1 N–H and O–H groups in total. The van der Waals surface area contributed by atoms with E-state index in [1.165, 1.54) is 44.6 Å². The summed E-state index contributed by atoms with van der Waals surface area (Å²) in [5, 5.41) is 8.88. The van der Waals surface area contributed by atoms with E-state index in [2.05, 4.69) is 15.9 Å². The number of aliphatic carboxylic acids is 1. The highest BCUT2D eigenvalue weighted by molar-refractivity contribution is 9.11. The average Bonchev–Trinajstić information content (AvgIpc) is 2.13. The van der Waals surface area contributed by atoms with Gasteiger partial charge in [0.25, 0.3) is 0 Å². The molecule has 2 nitrogen and oxygen atoms in total. The molecule has 16 heavy (non-hydrogen) atoms. The first-order valence-corrected chi connectivity index (χ1v) is 6.97. The molecule has 0 spiro atoms. The Morgan fingerprint density at radius 1 is 1.12 bits per heavy atom. The molecule has 4 rings (SSSR count). The van der Waals surface area contributed by atoms with Crippen LogP contribution in [0.2, 0.25) is 0 Å². The van der Waals surface area contributed by atoms with E-state index >= 15 is 0 Å². The summed E-state index contributed by atoms with van der Waals surface area (Å²) in [6.45, 7) is 0. The minimum absolute atomic E-state index is 0.188. The second-order valence-electron chi connectivity index (χ2n) is 6.03. The Balaban J connectivity index is 1.91. The molecule has 0 heterocycles. The first kappa shape index (κ1) is 10.8. The van der Waals surface area contributed by atoms with Crippen LogP contribution in [-0.4, -0.2) is 11.1 Å². The predicted octanol–water partition coefficient (Wildman–Crippen LogP) is 3.57. The highest BCUT2D eigenvalue weighted by Gasteiger charge is 2.52. The molecule has 0 aromatic rings. The summed E-state index contributed by atoms with van der Waals surface area (Å²) in [5.74, 6) is 1.77. The Bertz CT molecular complexity index is 324. The van der Waals surface area contributed by atoms with E-state index in [0.29, 0.717) is 0 Å². The van der Waals surface area contributed by atoms with Crippen LogP contribution in [0.1, 0.15) is 38.5 Å². The van der Waals surface area contributed by atoms with Gasteiger partial charge in [-0.25, -0.2) is 4.79 Å². The molecule has 0 saturated heterocycles. The predicted molar refractivity (Wildman–Crippen MR) is 65.3 cm³/mol. The fraction of sp³-hybridized carbons (Fsp3) is 0.769. The van der Waals surface area contributed by atoms with Crippen LogP contribution in [0.4, 0.5) is 0 Å². The third-order valence-electron chi connectivity index (χ3n) is 4.80. The van der Waals surface area contributed by atoms with Gasteiger partial charge in [0.2, 0.25) is 0 Å². The quantitative estimate of drug-likeness (QED) is 0.787. The Kier molecular flexibility index (Phi) is 2.43. The first-order valence-electron chi connectivity index (χ1n) is 6.18. The minimum atomic E-state index is -0.817. The summed E-state index contributed by atoms with van der Waals surface area (Å²) >= 11 is 3.55. The van der Waals surface area contributed by atoms with Gasteiger partial charge < -0.3 is 5.11 Å². The van der Waals surface area contributed by atoms with Gasteiger partial charge in [-0.3, -0.25) is 0 Å². The molecule has 4 fully saturated rings. The monoisotopic (exact) mass is 284 g/mol. The summed E-state index contributed by atoms with van der Waals surface area (Å²) in [5.41, 5.74) is 0.188. The van der Waals surface area contributed by atoms with Crippen molar-refractivity contribution in [1.82, 2.24) is 0 Å². The number of allylic oxidation sites excluding steroid dienone is 1. The van der Waals surface area contributed by atoms with Gasteiger partial charge in [0, 0.05) is 16.0 Å². The number of halogens is 1. The number of hydrogen-bond donors (Lipinski definition) is 1. The highest BCUT2D eigenvalue weighted by atomic mass is 79.9. The molecule has 4 bridgehead atoms. The minimum Gasteiger partial charge on any atom is -0.478 e. The molecule has 0 amide bonds. The van der Waals surface area contributed by atoms with Crippen LogP contribution in [0.3, 0.4) is 0 Å². The number of carboxylic acids is 1. The van der Waals surface area contributed by atoms with Crippen LogP contribution in [0.5, 0.6) is 0 Å². The van der Waals surface area contributed by atoms with Gasteiger partial charge in [0.15, 0.2) is 0 Å². The third kappa shape index (κ3) is 1.64. The number of carbonyl (C=O) groups is 1. The van der Waals surface area contributed by atoms with Crippen LogP contribution < -0.4 is 0 Å². The number of rotatable bonds is 2. The van der Waals surface area contributed by atoms with Crippen LogP contribution in [-0.2, 0) is 4.79 Å². The Labute approximate surface area is 104 Å². The van der Waals surface area contributed by atoms with Crippen molar-refractivity contribution in [3.05, 3.63) is 10.6 Å². The van der Waals surface area contributed by atoms with Crippen LogP contribution in [0, 0.1) is 23.2 Å². The Morgan fingerprint density at radius 2 is 1.56 bits per heavy atom. The largest absolute Gasteiger partial charge is 0.478 e. The topological polar surface area (TPSA) is 37.3 Å². The van der Waals surface area contributed by atoms with Crippen molar-refractivity contribution in [3.8, 4) is 0 Å². The van der Waals surface area contributed by atoms with Gasteiger partial charge in [0.1, 0.15) is 0 Å². The van der Waals surface area contributed by atoms with Gasteiger partial charge >= 0.3 is 5.97 Å². The van der Waals surface area contributed by atoms with E-state index in [1.807, 2.05) is 0 Å². The van der Waals surface area contributed by atoms with E-state index in [1.54, 1.807) is 0 Å². The lowest BCUT2D eigenvalue weighted by molar-refractivity contribution is -0.131. The summed E-state index contributed by atoms with van der Waals surface area (Å²) in [7, 11) is 0. The van der Waals surface area contributed by atoms with Gasteiger partial charge in [0.05, 0.1) is 0 Å². The molecule has 0 aromatic heterocycles. The zero-order valence-electron chi connectivity index (χ0n) is 9.29. The van der Waals surface area contributed by atoms with Gasteiger partial charge in [-0.1, -0.05) is 15.9 Å². The molecule has 88 valence electrons. The maximum absolute atomic E-state index is 10.8. The molecular formula is C13H17BrO2. The first-order chi connectivity index (χ1) is 7.57. The second-order valence-corrected chi connectivity index (χ2v) is 6.88. The third-order valence-corrected chi connectivity index (χ3v) is 5.87. The zero-order chi connectivity index (χ0) is 11.3. The van der Waals surface area contributed by atoms with Crippen molar-refractivity contribution < 1.29 is 9.90 Å². The maximum Gasteiger partial charge on any atom is 0.329 e. The lowest BCUT2D eigenvalue weighted by Crippen LogP contribution is -2.46. The van der Waals surface area contributed by atoms with Crippen LogP contribution in [0.15, 0.2) is 10.6 Å². The summed E-state index contributed by atoms with van der Waals surface area (Å²) < 4.78 is 0.951. The summed E-state index contributed by atoms with van der Waals surface area (Å²) in [6.07, 6.45) is 9.20. The fourth-order valence-electron chi connectivity index (χ4n) is 4.66. The summed E-state index contributed by atoms with van der Waals surface area (Å²) in [4.78, 5) is 10.8. The molecule has 0 aliphatic heterocycles. The van der Waals surface area contributed by atoms with Gasteiger partial charge in [-0.2, -0.15) is 0 Å². The lowest BCUT2D eigenvalue weighted by atomic mass is 9.49. The van der Waals surface area contributed by atoms with Crippen molar-refractivity contribution in [1.29, 1.82) is 0 Å². The van der Waals surface area contributed by atoms with Crippen molar-refractivity contribution in [2.24, 2.45) is 23.2 Å². The molecule has 4 saturated carbocycles. The van der Waals surface area contributed by atoms with Gasteiger partial charge in [-0.05, 0) is 56.3 Å². The molecule has 0 radical (unpaired) electrons. The van der Waals surface area contributed by atoms with Crippen molar-refractivity contribution in [2.45, 2.75) is 38.5 Å². The number of hydrogen-bond acceptors (Lipinski definition) is 1. The molecule has 0 aromatic carbocycles. The second kappa shape index (κ2) is 3.59. The van der Waals surface area contributed by atoms with Crippen molar-refractivity contribution in [2.75, 3.05) is 0 Å². The van der Waals surface area contributed by atoms with Crippen LogP contribution >= 0.6 is 15.9 Å². The summed E-state index contributed by atoms with van der Waals surface area (Å²) in [6, 6.07) is 0. The lowest BCUT2D eigenvalue weighted by Gasteiger charge is -2.56. The van der Waals surface area contributed by atoms with E-state index in [9.17, 15) is 4.79 Å². The number of carboxylic acid groups (broad SMARTS) is 1. The zero-order valence-corrected chi connectivity index (χ0v) is 10.9. The van der Waals surface area contributed by atoms with E-state index in [0.717, 1.165) is 22.2 Å². The average molecular weight is 285 g/mol. The van der Waals surface area contributed by atoms with Crippen LogP contribution in [0.25, 0.3) is 0 Å². The Hall–Kier alpha value is -0.310. The van der Waals surface area contributed by atoms with E-state index in [-0.39, 0.29) is 5.41 Å². The van der Waals surface area contributed by atoms with Crippen molar-refractivity contribution >= 4 is 21.9 Å². The Morgan fingerprint density at radius 3 is 1.94 bits per heavy atom. The standard InChI is InChI=1S/C13H17BrO2/c14-11(4-12(15)16)13-5-8-1-9(6-13)3-10(2-8)7-13/h4,8-10H,1-3,5-7H2,(H,15,16)/b11-4+. The molecular weight excluding hydrogens is 268 g/mol. The molecule has 0 unspecified atom stereocenters. The molecule has 4 aliphatic carbocycles. The van der Waals surface area contributed by atoms with Crippen molar-refractivity contribution in [3.63, 3.8) is 0 Å². The normalized spacial score (nSPS) is 46.1. The molecule has 3 heteroatoms. The highest BCUT2D eigenvalue weighted by Crippen LogP contribution is 2.63. The SMILES string of the molecule is O=C(O)/C=C(/Br)C12CC3CC(CC(C3)C1)C2. The van der Waals surface area contributed by atoms with E-state index in [4.69, 9.17) is 5.11 Å². The van der Waals surface area contributed by atoms with Gasteiger partial charge in [-0.15, -0.1) is 0 Å². The molecule has 4 aliphatic rings. The fourth-order valence-corrected chi connectivity index (χ4v) is 5.35. The smallest absolute Gasteiger partial charge is 0.329 e. The van der Waals surface area contributed by atoms with E-state index < -0.39 is 5.97 Å². The molecule has 0 atom stereocenters.